The van der Waals surface area contributed by atoms with Gasteiger partial charge in [0.05, 0.1) is 13.2 Å². The number of carbonyl (C=O) groups excluding carboxylic acids is 2. The van der Waals surface area contributed by atoms with Crippen molar-refractivity contribution in [2.75, 3.05) is 26.3 Å². The number of hydrogen-bond acceptors (Lipinski definition) is 4. The van der Waals surface area contributed by atoms with E-state index < -0.39 is 0 Å². The molecule has 27 heavy (non-hydrogen) atoms. The third kappa shape index (κ3) is 4.71. The minimum atomic E-state index is -0.160. The molecule has 0 saturated carbocycles. The van der Waals surface area contributed by atoms with E-state index in [-0.39, 0.29) is 17.9 Å². The molecule has 0 aliphatic carbocycles. The topological polar surface area (TPSA) is 62.7 Å². The molecule has 1 aliphatic rings. The molecule has 0 bridgehead atoms. The van der Waals surface area contributed by atoms with Crippen molar-refractivity contribution >= 4 is 11.8 Å². The molecule has 2 amide bonds. The zero-order valence-electron chi connectivity index (χ0n) is 15.8. The smallest absolute Gasteiger partial charge is 0.272 e. The fourth-order valence-corrected chi connectivity index (χ4v) is 3.04. The summed E-state index contributed by atoms with van der Waals surface area (Å²) in [6.45, 7) is 6.65. The molecule has 142 valence electrons. The van der Waals surface area contributed by atoms with E-state index in [1.165, 1.54) is 6.20 Å². The van der Waals surface area contributed by atoms with E-state index in [1.807, 2.05) is 44.2 Å². The maximum atomic E-state index is 13.1. The standard InChI is InChI=1S/C21H25N3O3/c1-16(2)24(15-17-6-4-3-5-7-17)20(25)18-8-9-22-19(14-18)21(26)23-10-12-27-13-11-23/h3-9,14,16H,10-13,15H2,1-2H3. The average Bonchev–Trinajstić information content (AvgIpc) is 2.72. The predicted molar refractivity (Wildman–Crippen MR) is 102 cm³/mol. The summed E-state index contributed by atoms with van der Waals surface area (Å²) in [6.07, 6.45) is 1.53. The molecule has 0 spiro atoms. The molecule has 2 heterocycles. The Hall–Kier alpha value is -2.73. The highest BCUT2D eigenvalue weighted by Gasteiger charge is 2.23. The summed E-state index contributed by atoms with van der Waals surface area (Å²) in [7, 11) is 0. The lowest BCUT2D eigenvalue weighted by Crippen LogP contribution is -2.41. The summed E-state index contributed by atoms with van der Waals surface area (Å²) in [4.78, 5) is 33.4. The highest BCUT2D eigenvalue weighted by atomic mass is 16.5. The zero-order chi connectivity index (χ0) is 19.2. The van der Waals surface area contributed by atoms with Gasteiger partial charge >= 0.3 is 0 Å². The molecule has 0 N–H and O–H groups in total. The first-order chi connectivity index (χ1) is 13.1. The van der Waals surface area contributed by atoms with Gasteiger partial charge in [-0.05, 0) is 31.5 Å². The van der Waals surface area contributed by atoms with Crippen molar-refractivity contribution in [1.82, 2.24) is 14.8 Å². The van der Waals surface area contributed by atoms with Crippen molar-refractivity contribution in [3.8, 4) is 0 Å². The van der Waals surface area contributed by atoms with Crippen LogP contribution in [0.5, 0.6) is 0 Å². The van der Waals surface area contributed by atoms with Crippen LogP contribution >= 0.6 is 0 Å². The van der Waals surface area contributed by atoms with Crippen LogP contribution in [0.2, 0.25) is 0 Å². The van der Waals surface area contributed by atoms with Crippen LogP contribution < -0.4 is 0 Å². The lowest BCUT2D eigenvalue weighted by Gasteiger charge is -2.28. The summed E-state index contributed by atoms with van der Waals surface area (Å²) < 4.78 is 5.29. The fraction of sp³-hybridized carbons (Fsp3) is 0.381. The second kappa shape index (κ2) is 8.77. The Bertz CT molecular complexity index is 786. The number of ether oxygens (including phenoxy) is 1. The molecule has 6 nitrogen and oxygen atoms in total. The van der Waals surface area contributed by atoms with Crippen LogP contribution in [0, 0.1) is 0 Å². The van der Waals surface area contributed by atoms with Gasteiger partial charge in [0.15, 0.2) is 0 Å². The predicted octanol–water partition coefficient (Wildman–Crippen LogP) is 2.60. The number of nitrogens with zero attached hydrogens (tertiary/aromatic N) is 3. The van der Waals surface area contributed by atoms with Crippen molar-refractivity contribution < 1.29 is 14.3 Å². The van der Waals surface area contributed by atoms with Gasteiger partial charge < -0.3 is 14.5 Å². The molecule has 6 heteroatoms. The number of aromatic nitrogens is 1. The lowest BCUT2D eigenvalue weighted by molar-refractivity contribution is 0.0299. The number of amides is 2. The molecule has 1 aliphatic heterocycles. The van der Waals surface area contributed by atoms with Gasteiger partial charge in [-0.15, -0.1) is 0 Å². The molecular weight excluding hydrogens is 342 g/mol. The summed E-state index contributed by atoms with van der Waals surface area (Å²) in [5.74, 6) is -0.264. The third-order valence-corrected chi connectivity index (χ3v) is 4.60. The Morgan fingerprint density at radius 1 is 1.15 bits per heavy atom. The Kier molecular flexibility index (Phi) is 6.19. The van der Waals surface area contributed by atoms with E-state index in [2.05, 4.69) is 4.98 Å². The molecule has 1 fully saturated rings. The Morgan fingerprint density at radius 2 is 1.85 bits per heavy atom. The Labute approximate surface area is 159 Å². The summed E-state index contributed by atoms with van der Waals surface area (Å²) in [6, 6.07) is 13.2. The van der Waals surface area contributed by atoms with Gasteiger partial charge in [0, 0.05) is 37.4 Å². The minimum Gasteiger partial charge on any atom is -0.378 e. The van der Waals surface area contributed by atoms with E-state index in [9.17, 15) is 9.59 Å². The van der Waals surface area contributed by atoms with Gasteiger partial charge in [0.25, 0.3) is 11.8 Å². The van der Waals surface area contributed by atoms with Gasteiger partial charge in [0.1, 0.15) is 5.69 Å². The first-order valence-electron chi connectivity index (χ1n) is 9.24. The number of rotatable bonds is 5. The largest absolute Gasteiger partial charge is 0.378 e. The van der Waals surface area contributed by atoms with E-state index >= 15 is 0 Å². The Morgan fingerprint density at radius 3 is 2.52 bits per heavy atom. The Balaban J connectivity index is 1.79. The number of hydrogen-bond donors (Lipinski definition) is 0. The lowest BCUT2D eigenvalue weighted by atomic mass is 10.1. The summed E-state index contributed by atoms with van der Waals surface area (Å²) in [5, 5.41) is 0. The van der Waals surface area contributed by atoms with Gasteiger partial charge in [-0.3, -0.25) is 14.6 Å². The normalized spacial score (nSPS) is 14.3. The molecule has 0 radical (unpaired) electrons. The maximum Gasteiger partial charge on any atom is 0.272 e. The SMILES string of the molecule is CC(C)N(Cc1ccccc1)C(=O)c1ccnc(C(=O)N2CCOCC2)c1. The number of carbonyl (C=O) groups is 2. The quantitative estimate of drug-likeness (QED) is 0.815. The van der Waals surface area contributed by atoms with Crippen molar-refractivity contribution in [2.24, 2.45) is 0 Å². The number of morpholine rings is 1. The van der Waals surface area contributed by atoms with E-state index in [0.717, 1.165) is 5.56 Å². The molecule has 1 aromatic carbocycles. The molecule has 1 saturated heterocycles. The summed E-state index contributed by atoms with van der Waals surface area (Å²) in [5.41, 5.74) is 1.84. The molecular formula is C21H25N3O3. The number of pyridine rings is 1. The molecule has 0 unspecified atom stereocenters. The zero-order valence-corrected chi connectivity index (χ0v) is 15.8. The van der Waals surface area contributed by atoms with Gasteiger partial charge in [-0.1, -0.05) is 30.3 Å². The van der Waals surface area contributed by atoms with Crippen LogP contribution in [0.1, 0.15) is 40.3 Å². The van der Waals surface area contributed by atoms with E-state index in [4.69, 9.17) is 4.74 Å². The van der Waals surface area contributed by atoms with Gasteiger partial charge in [0.2, 0.25) is 0 Å². The summed E-state index contributed by atoms with van der Waals surface area (Å²) >= 11 is 0. The van der Waals surface area contributed by atoms with Gasteiger partial charge in [-0.25, -0.2) is 0 Å². The molecule has 0 atom stereocenters. The van der Waals surface area contributed by atoms with Crippen LogP contribution in [0.4, 0.5) is 0 Å². The van der Waals surface area contributed by atoms with Crippen LogP contribution in [0.15, 0.2) is 48.7 Å². The first kappa shape index (κ1) is 19.0. The first-order valence-corrected chi connectivity index (χ1v) is 9.24. The van der Waals surface area contributed by atoms with Gasteiger partial charge in [-0.2, -0.15) is 0 Å². The maximum absolute atomic E-state index is 13.1. The van der Waals surface area contributed by atoms with Crippen LogP contribution in [0.3, 0.4) is 0 Å². The van der Waals surface area contributed by atoms with E-state index in [1.54, 1.807) is 21.9 Å². The number of benzene rings is 1. The average molecular weight is 367 g/mol. The highest BCUT2D eigenvalue weighted by Crippen LogP contribution is 2.15. The van der Waals surface area contributed by atoms with Crippen molar-refractivity contribution in [3.05, 3.63) is 65.5 Å². The third-order valence-electron chi connectivity index (χ3n) is 4.60. The monoisotopic (exact) mass is 367 g/mol. The molecule has 3 rings (SSSR count). The van der Waals surface area contributed by atoms with Crippen LogP contribution in [0.25, 0.3) is 0 Å². The van der Waals surface area contributed by atoms with Crippen LogP contribution in [-0.4, -0.2) is 58.9 Å². The van der Waals surface area contributed by atoms with Crippen molar-refractivity contribution in [3.63, 3.8) is 0 Å². The van der Waals surface area contributed by atoms with Crippen LogP contribution in [-0.2, 0) is 11.3 Å². The molecule has 1 aromatic heterocycles. The highest BCUT2D eigenvalue weighted by molar-refractivity contribution is 5.98. The van der Waals surface area contributed by atoms with Crippen molar-refractivity contribution in [1.29, 1.82) is 0 Å². The van der Waals surface area contributed by atoms with Crippen molar-refractivity contribution in [2.45, 2.75) is 26.4 Å². The minimum absolute atomic E-state index is 0.0317. The fourth-order valence-electron chi connectivity index (χ4n) is 3.04. The molecule has 2 aromatic rings. The second-order valence-electron chi connectivity index (χ2n) is 6.85. The van der Waals surface area contributed by atoms with E-state index in [0.29, 0.717) is 44.1 Å². The second-order valence-corrected chi connectivity index (χ2v) is 6.85.